The van der Waals surface area contributed by atoms with E-state index in [-0.39, 0.29) is 11.3 Å². The minimum atomic E-state index is -3.47. The van der Waals surface area contributed by atoms with Gasteiger partial charge in [0.1, 0.15) is 6.54 Å². The Hall–Kier alpha value is -1.93. The van der Waals surface area contributed by atoms with Gasteiger partial charge >= 0.3 is 5.97 Å². The fraction of sp³-hybridized carbons (Fsp3) is 0.467. The Morgan fingerprint density at radius 1 is 1.09 bits per heavy atom. The van der Waals surface area contributed by atoms with Gasteiger partial charge in [-0.25, -0.2) is 8.42 Å². The number of benzene rings is 1. The van der Waals surface area contributed by atoms with Crippen molar-refractivity contribution in [2.75, 3.05) is 19.6 Å². The van der Waals surface area contributed by atoms with Crippen LogP contribution in [0.3, 0.4) is 0 Å². The lowest BCUT2D eigenvalue weighted by Gasteiger charge is -2.25. The van der Waals surface area contributed by atoms with Gasteiger partial charge in [-0.05, 0) is 30.5 Å². The first-order chi connectivity index (χ1) is 10.9. The van der Waals surface area contributed by atoms with Crippen molar-refractivity contribution < 1.29 is 23.1 Å². The fourth-order valence-electron chi connectivity index (χ4n) is 2.46. The summed E-state index contributed by atoms with van der Waals surface area (Å²) in [6, 6.07) is 6.14. The fourth-order valence-corrected chi connectivity index (χ4v) is 3.97. The van der Waals surface area contributed by atoms with Gasteiger partial charge in [0.25, 0.3) is 0 Å². The molecule has 0 aromatic heterocycles. The predicted molar refractivity (Wildman–Crippen MR) is 83.4 cm³/mol. The summed E-state index contributed by atoms with van der Waals surface area (Å²) in [6.45, 7) is 0.656. The summed E-state index contributed by atoms with van der Waals surface area (Å²) in [7, 11) is -3.47. The van der Waals surface area contributed by atoms with Gasteiger partial charge in [-0.15, -0.1) is 0 Å². The highest BCUT2D eigenvalue weighted by molar-refractivity contribution is 7.89. The van der Waals surface area contributed by atoms with E-state index >= 15 is 0 Å². The number of carboxylic acids is 1. The summed E-state index contributed by atoms with van der Waals surface area (Å²) in [5, 5.41) is 10.8. The molecule has 1 aliphatic heterocycles. The highest BCUT2D eigenvalue weighted by Crippen LogP contribution is 2.20. The summed E-state index contributed by atoms with van der Waals surface area (Å²) < 4.78 is 26.5. The maximum absolute atomic E-state index is 12.5. The number of carboxylic acid groups (broad SMARTS) is 1. The third kappa shape index (κ3) is 4.77. The molecule has 0 spiro atoms. The van der Waals surface area contributed by atoms with Crippen molar-refractivity contribution in [1.29, 1.82) is 0 Å². The number of nitrogens with one attached hydrogen (secondary N) is 1. The summed E-state index contributed by atoms with van der Waals surface area (Å²) in [4.78, 5) is 22.1. The first-order valence-electron chi connectivity index (χ1n) is 7.47. The minimum Gasteiger partial charge on any atom is -0.480 e. The van der Waals surface area contributed by atoms with Crippen LogP contribution in [0.25, 0.3) is 0 Å². The third-order valence-electron chi connectivity index (χ3n) is 3.68. The molecule has 0 aliphatic carbocycles. The second-order valence-electron chi connectivity index (χ2n) is 5.46. The highest BCUT2D eigenvalue weighted by Gasteiger charge is 2.25. The van der Waals surface area contributed by atoms with Crippen LogP contribution in [0.5, 0.6) is 0 Å². The van der Waals surface area contributed by atoms with E-state index in [9.17, 15) is 18.0 Å². The molecule has 2 rings (SSSR count). The average molecular weight is 340 g/mol. The molecule has 23 heavy (non-hydrogen) atoms. The largest absolute Gasteiger partial charge is 0.480 e. The molecular formula is C15H20N2O5S. The number of hydrogen-bond donors (Lipinski definition) is 2. The van der Waals surface area contributed by atoms with Crippen LogP contribution in [0, 0.1) is 0 Å². The molecule has 1 aromatic carbocycles. The minimum absolute atomic E-state index is 0.0112. The molecule has 126 valence electrons. The molecule has 1 aliphatic rings. The zero-order valence-corrected chi connectivity index (χ0v) is 13.5. The van der Waals surface area contributed by atoms with Crippen molar-refractivity contribution in [2.45, 2.75) is 30.6 Å². The molecule has 1 amide bonds. The van der Waals surface area contributed by atoms with E-state index in [0.717, 1.165) is 19.3 Å². The van der Waals surface area contributed by atoms with Crippen molar-refractivity contribution in [1.82, 2.24) is 9.62 Å². The van der Waals surface area contributed by atoms with Crippen LogP contribution in [0.1, 0.15) is 24.8 Å². The van der Waals surface area contributed by atoms with Crippen molar-refractivity contribution in [2.24, 2.45) is 0 Å². The Balaban J connectivity index is 2.01. The van der Waals surface area contributed by atoms with E-state index < -0.39 is 28.4 Å². The average Bonchev–Trinajstić information content (AvgIpc) is 2.54. The zero-order chi connectivity index (χ0) is 16.9. The Labute approximate surface area is 135 Å². The molecule has 1 aromatic rings. The van der Waals surface area contributed by atoms with Crippen LogP contribution in [-0.2, 0) is 26.0 Å². The first-order valence-corrected chi connectivity index (χ1v) is 8.91. The number of piperidine rings is 1. The molecule has 0 bridgehead atoms. The van der Waals surface area contributed by atoms with Gasteiger partial charge in [0.2, 0.25) is 15.9 Å². The number of nitrogens with zero attached hydrogens (tertiary/aromatic N) is 1. The number of sulfonamides is 1. The SMILES string of the molecule is O=C(O)CNC(=O)Cc1ccc(S(=O)(=O)N2CCCCC2)cc1. The Morgan fingerprint density at radius 2 is 1.70 bits per heavy atom. The molecular weight excluding hydrogens is 320 g/mol. The quantitative estimate of drug-likeness (QED) is 0.789. The molecule has 0 atom stereocenters. The van der Waals surface area contributed by atoms with Crippen molar-refractivity contribution in [3.63, 3.8) is 0 Å². The number of aliphatic carboxylic acids is 1. The van der Waals surface area contributed by atoms with Crippen LogP contribution >= 0.6 is 0 Å². The van der Waals surface area contributed by atoms with Gasteiger partial charge in [0.05, 0.1) is 11.3 Å². The predicted octanol–water partition coefficient (Wildman–Crippen LogP) is 0.605. The summed E-state index contributed by atoms with van der Waals surface area (Å²) >= 11 is 0. The summed E-state index contributed by atoms with van der Waals surface area (Å²) in [5.74, 6) is -1.53. The number of carbonyl (C=O) groups excluding carboxylic acids is 1. The monoisotopic (exact) mass is 340 g/mol. The molecule has 2 N–H and O–H groups in total. The Kier molecular flexibility index (Phi) is 5.73. The molecule has 0 radical (unpaired) electrons. The number of rotatable bonds is 6. The third-order valence-corrected chi connectivity index (χ3v) is 5.59. The van der Waals surface area contributed by atoms with Crippen molar-refractivity contribution >= 4 is 21.9 Å². The number of amides is 1. The van der Waals surface area contributed by atoms with Gasteiger partial charge < -0.3 is 10.4 Å². The first kappa shape index (κ1) is 17.4. The van der Waals surface area contributed by atoms with E-state index in [1.807, 2.05) is 0 Å². The van der Waals surface area contributed by atoms with Crippen LogP contribution in [0.4, 0.5) is 0 Å². The number of carbonyl (C=O) groups is 2. The van der Waals surface area contributed by atoms with Gasteiger partial charge in [-0.1, -0.05) is 18.6 Å². The number of hydrogen-bond acceptors (Lipinski definition) is 4. The lowest BCUT2D eigenvalue weighted by molar-refractivity contribution is -0.137. The molecule has 1 heterocycles. The second-order valence-corrected chi connectivity index (χ2v) is 7.39. The highest BCUT2D eigenvalue weighted by atomic mass is 32.2. The summed E-state index contributed by atoms with van der Waals surface area (Å²) in [5.41, 5.74) is 0.630. The van der Waals surface area contributed by atoms with E-state index in [0.29, 0.717) is 18.7 Å². The Bertz CT molecular complexity index is 664. The lowest BCUT2D eigenvalue weighted by Crippen LogP contribution is -2.35. The van der Waals surface area contributed by atoms with Crippen LogP contribution in [0.2, 0.25) is 0 Å². The van der Waals surface area contributed by atoms with E-state index in [2.05, 4.69) is 5.32 Å². The molecule has 0 unspecified atom stereocenters. The van der Waals surface area contributed by atoms with Gasteiger partial charge in [0, 0.05) is 13.1 Å². The lowest BCUT2D eigenvalue weighted by atomic mass is 10.1. The zero-order valence-electron chi connectivity index (χ0n) is 12.7. The van der Waals surface area contributed by atoms with E-state index in [1.165, 1.54) is 16.4 Å². The van der Waals surface area contributed by atoms with Crippen molar-refractivity contribution in [3.05, 3.63) is 29.8 Å². The molecule has 1 fully saturated rings. The maximum atomic E-state index is 12.5. The maximum Gasteiger partial charge on any atom is 0.322 e. The van der Waals surface area contributed by atoms with E-state index in [1.54, 1.807) is 12.1 Å². The standard InChI is InChI=1S/C15H20N2O5S/c18-14(16-11-15(19)20)10-12-4-6-13(7-5-12)23(21,22)17-8-2-1-3-9-17/h4-7H,1-3,8-11H2,(H,16,18)(H,19,20). The molecule has 1 saturated heterocycles. The second kappa shape index (κ2) is 7.56. The van der Waals surface area contributed by atoms with Crippen molar-refractivity contribution in [3.8, 4) is 0 Å². The van der Waals surface area contributed by atoms with Gasteiger partial charge in [-0.2, -0.15) is 4.31 Å². The van der Waals surface area contributed by atoms with Crippen LogP contribution < -0.4 is 5.32 Å². The molecule has 8 heteroatoms. The Morgan fingerprint density at radius 3 is 2.26 bits per heavy atom. The van der Waals surface area contributed by atoms with Gasteiger partial charge in [-0.3, -0.25) is 9.59 Å². The van der Waals surface area contributed by atoms with Crippen LogP contribution in [-0.4, -0.2) is 49.3 Å². The molecule has 0 saturated carbocycles. The van der Waals surface area contributed by atoms with E-state index in [4.69, 9.17) is 5.11 Å². The smallest absolute Gasteiger partial charge is 0.322 e. The van der Waals surface area contributed by atoms with Gasteiger partial charge in [0.15, 0.2) is 0 Å². The van der Waals surface area contributed by atoms with Crippen LogP contribution in [0.15, 0.2) is 29.2 Å². The molecule has 7 nitrogen and oxygen atoms in total. The normalized spacial score (nSPS) is 16.0. The topological polar surface area (TPSA) is 104 Å². The summed E-state index contributed by atoms with van der Waals surface area (Å²) in [6.07, 6.45) is 2.82.